The number of carboxylic acids is 1. The lowest BCUT2D eigenvalue weighted by Gasteiger charge is -2.33. The Morgan fingerprint density at radius 3 is 2.23 bits per heavy atom. The number of ether oxygens (including phenoxy) is 2. The zero-order chi connectivity index (χ0) is 30.6. The fourth-order valence-electron chi connectivity index (χ4n) is 5.45. The lowest BCUT2D eigenvalue weighted by atomic mass is 9.98. The Labute approximate surface area is 254 Å². The Balaban J connectivity index is 1.40. The third-order valence-electron chi connectivity index (χ3n) is 7.55. The van der Waals surface area contributed by atoms with Crippen LogP contribution < -0.4 is 0 Å². The molecule has 43 heavy (non-hydrogen) atoms. The standard InChI is InChI=1S/C36H41N3O4/c1-35(2,3)43-33(37-39-31(25-42-36(39,4)5)22-26-12-8-6-9-13-26)23-32(34(40)41)29-20-21-38(24-29)30-18-16-28(17-19-30)27-14-10-7-11-15-27/h6-21,24,31-32H,22-23,25H2,1-5H3,(H,40,41)/t31-,32+/m0/s1. The normalized spacial score (nSPS) is 17.6. The van der Waals surface area contributed by atoms with Crippen LogP contribution >= 0.6 is 0 Å². The van der Waals surface area contributed by atoms with Crippen LogP contribution in [0.5, 0.6) is 0 Å². The van der Waals surface area contributed by atoms with E-state index in [2.05, 4.69) is 36.4 Å². The van der Waals surface area contributed by atoms with Crippen molar-refractivity contribution in [1.82, 2.24) is 9.58 Å². The third-order valence-corrected chi connectivity index (χ3v) is 7.55. The number of hydrogen-bond donors (Lipinski definition) is 1. The van der Waals surface area contributed by atoms with Gasteiger partial charge in [0.25, 0.3) is 0 Å². The average molecular weight is 580 g/mol. The molecule has 224 valence electrons. The second kappa shape index (κ2) is 12.5. The molecular formula is C36H41N3O4. The van der Waals surface area contributed by atoms with E-state index in [1.165, 1.54) is 5.56 Å². The Bertz CT molecular complexity index is 1540. The van der Waals surface area contributed by atoms with Gasteiger partial charge in [-0.15, -0.1) is 5.10 Å². The van der Waals surface area contributed by atoms with Crippen molar-refractivity contribution in [2.75, 3.05) is 6.61 Å². The van der Waals surface area contributed by atoms with E-state index < -0.39 is 23.2 Å². The fourth-order valence-corrected chi connectivity index (χ4v) is 5.45. The van der Waals surface area contributed by atoms with Gasteiger partial charge in [0.15, 0.2) is 5.72 Å². The molecule has 0 amide bonds. The molecule has 3 aromatic carbocycles. The molecule has 1 fully saturated rings. The van der Waals surface area contributed by atoms with Gasteiger partial charge in [-0.2, -0.15) is 0 Å². The topological polar surface area (TPSA) is 76.3 Å². The quantitative estimate of drug-likeness (QED) is 0.164. The lowest BCUT2D eigenvalue weighted by molar-refractivity contribution is -0.138. The van der Waals surface area contributed by atoms with Crippen LogP contribution in [0.4, 0.5) is 0 Å². The van der Waals surface area contributed by atoms with Gasteiger partial charge >= 0.3 is 5.97 Å². The highest BCUT2D eigenvalue weighted by Crippen LogP contribution is 2.32. The van der Waals surface area contributed by atoms with Crippen LogP contribution in [0.3, 0.4) is 0 Å². The van der Waals surface area contributed by atoms with Crippen LogP contribution in [0.2, 0.25) is 0 Å². The number of benzene rings is 3. The van der Waals surface area contributed by atoms with Crippen molar-refractivity contribution < 1.29 is 19.4 Å². The molecule has 7 heteroatoms. The van der Waals surface area contributed by atoms with Crippen LogP contribution in [0.15, 0.2) is 108 Å². The summed E-state index contributed by atoms with van der Waals surface area (Å²) < 4.78 is 14.4. The molecule has 4 aromatic rings. The number of carbonyl (C=O) groups is 1. The molecular weight excluding hydrogens is 538 g/mol. The summed E-state index contributed by atoms with van der Waals surface area (Å²) in [6.07, 6.45) is 4.64. The number of hydrazone groups is 1. The third kappa shape index (κ3) is 7.54. The Kier molecular flexibility index (Phi) is 8.74. The maximum atomic E-state index is 12.7. The van der Waals surface area contributed by atoms with Gasteiger partial charge in [-0.3, -0.25) is 9.80 Å². The maximum Gasteiger partial charge on any atom is 0.311 e. The van der Waals surface area contributed by atoms with Gasteiger partial charge in [-0.05, 0) is 81.5 Å². The van der Waals surface area contributed by atoms with Crippen molar-refractivity contribution >= 4 is 11.9 Å². The summed E-state index contributed by atoms with van der Waals surface area (Å²) in [5.41, 5.74) is 3.87. The molecule has 1 saturated heterocycles. The van der Waals surface area contributed by atoms with Crippen molar-refractivity contribution in [3.05, 3.63) is 115 Å². The number of aromatic nitrogens is 1. The first-order chi connectivity index (χ1) is 20.5. The summed E-state index contributed by atoms with van der Waals surface area (Å²) in [4.78, 5) is 12.7. The van der Waals surface area contributed by atoms with E-state index in [4.69, 9.17) is 14.6 Å². The minimum Gasteiger partial charge on any atom is -0.481 e. The average Bonchev–Trinajstić information content (AvgIpc) is 3.57. The zero-order valence-corrected chi connectivity index (χ0v) is 25.6. The molecule has 0 radical (unpaired) electrons. The van der Waals surface area contributed by atoms with E-state index in [1.807, 2.05) is 111 Å². The number of carboxylic acid groups (broad SMARTS) is 1. The van der Waals surface area contributed by atoms with Crippen molar-refractivity contribution in [2.24, 2.45) is 5.10 Å². The first-order valence-corrected chi connectivity index (χ1v) is 14.8. The molecule has 0 unspecified atom stereocenters. The molecule has 0 spiro atoms. The molecule has 1 aliphatic heterocycles. The predicted octanol–water partition coefficient (Wildman–Crippen LogP) is 7.51. The van der Waals surface area contributed by atoms with E-state index in [0.29, 0.717) is 18.1 Å². The van der Waals surface area contributed by atoms with Crippen LogP contribution in [-0.4, -0.2) is 50.5 Å². The molecule has 0 aliphatic carbocycles. The van der Waals surface area contributed by atoms with Crippen LogP contribution in [0.25, 0.3) is 16.8 Å². The summed E-state index contributed by atoms with van der Waals surface area (Å²) in [7, 11) is 0. The number of nitrogens with zero attached hydrogens (tertiary/aromatic N) is 3. The minimum absolute atomic E-state index is 0.0146. The highest BCUT2D eigenvalue weighted by molar-refractivity contribution is 5.86. The van der Waals surface area contributed by atoms with Crippen molar-refractivity contribution in [3.8, 4) is 16.8 Å². The van der Waals surface area contributed by atoms with E-state index in [0.717, 1.165) is 23.2 Å². The van der Waals surface area contributed by atoms with Gasteiger partial charge in [0.1, 0.15) is 5.60 Å². The molecule has 2 heterocycles. The van der Waals surface area contributed by atoms with Gasteiger partial charge in [0.2, 0.25) is 5.90 Å². The molecule has 2 atom stereocenters. The monoisotopic (exact) mass is 579 g/mol. The van der Waals surface area contributed by atoms with Crippen molar-refractivity contribution in [2.45, 2.75) is 70.7 Å². The fraction of sp³-hybridized carbons (Fsp3) is 0.333. The van der Waals surface area contributed by atoms with Crippen LogP contribution in [0, 0.1) is 0 Å². The van der Waals surface area contributed by atoms with Gasteiger partial charge in [-0.1, -0.05) is 72.8 Å². The molecule has 1 N–H and O–H groups in total. The van der Waals surface area contributed by atoms with Gasteiger partial charge < -0.3 is 19.1 Å². The Morgan fingerprint density at radius 1 is 0.977 bits per heavy atom. The molecule has 7 nitrogen and oxygen atoms in total. The zero-order valence-electron chi connectivity index (χ0n) is 25.6. The van der Waals surface area contributed by atoms with E-state index >= 15 is 0 Å². The lowest BCUT2D eigenvalue weighted by Crippen LogP contribution is -2.42. The highest BCUT2D eigenvalue weighted by Gasteiger charge is 2.41. The maximum absolute atomic E-state index is 12.7. The molecule has 1 aromatic heterocycles. The SMILES string of the molecule is CC(C)(C)OC(C[C@@H](C(=O)O)c1ccn(-c2ccc(-c3ccccc3)cc2)c1)=NN1[C@@H](Cc2ccccc2)COC1(C)C. The number of rotatable bonds is 9. The second-order valence-corrected chi connectivity index (χ2v) is 12.5. The minimum atomic E-state index is -0.930. The molecule has 0 bridgehead atoms. The van der Waals surface area contributed by atoms with Gasteiger partial charge in [0, 0.05) is 24.5 Å². The van der Waals surface area contributed by atoms with Crippen LogP contribution in [-0.2, 0) is 20.7 Å². The first kappa shape index (κ1) is 30.1. The second-order valence-electron chi connectivity index (χ2n) is 12.5. The van der Waals surface area contributed by atoms with Gasteiger partial charge in [-0.25, -0.2) is 0 Å². The Morgan fingerprint density at radius 2 is 1.60 bits per heavy atom. The van der Waals surface area contributed by atoms with E-state index in [1.54, 1.807) is 0 Å². The van der Waals surface area contributed by atoms with Crippen LogP contribution in [0.1, 0.15) is 58.1 Å². The predicted molar refractivity (Wildman–Crippen MR) is 170 cm³/mol. The summed E-state index contributed by atoms with van der Waals surface area (Å²) >= 11 is 0. The van der Waals surface area contributed by atoms with Crippen molar-refractivity contribution in [1.29, 1.82) is 0 Å². The smallest absolute Gasteiger partial charge is 0.311 e. The highest BCUT2D eigenvalue weighted by atomic mass is 16.5. The van der Waals surface area contributed by atoms with Gasteiger partial charge in [0.05, 0.1) is 18.6 Å². The summed E-state index contributed by atoms with van der Waals surface area (Å²) in [5.74, 6) is -1.40. The van der Waals surface area contributed by atoms with E-state index in [9.17, 15) is 9.90 Å². The molecule has 0 saturated carbocycles. The number of hydrogen-bond acceptors (Lipinski definition) is 5. The number of aliphatic carboxylic acids is 1. The van der Waals surface area contributed by atoms with Crippen molar-refractivity contribution in [3.63, 3.8) is 0 Å². The molecule has 5 rings (SSSR count). The first-order valence-electron chi connectivity index (χ1n) is 14.8. The summed E-state index contributed by atoms with van der Waals surface area (Å²) in [5, 5.41) is 17.3. The largest absolute Gasteiger partial charge is 0.481 e. The summed E-state index contributed by atoms with van der Waals surface area (Å²) in [6, 6.07) is 30.5. The molecule has 1 aliphatic rings. The Hall–Kier alpha value is -4.36. The summed E-state index contributed by atoms with van der Waals surface area (Å²) in [6.45, 7) is 10.3. The van der Waals surface area contributed by atoms with E-state index in [-0.39, 0.29) is 12.5 Å².